The highest BCUT2D eigenvalue weighted by Gasteiger charge is 2.43. The number of hydrogen-bond acceptors (Lipinski definition) is 4. The number of alkyl halides is 2. The Kier molecular flexibility index (Phi) is 5.24. The summed E-state index contributed by atoms with van der Waals surface area (Å²) in [7, 11) is 1.65. The average Bonchev–Trinajstić information content (AvgIpc) is 3.00. The average molecular weight is 353 g/mol. The van der Waals surface area contributed by atoms with Crippen molar-refractivity contribution < 1.29 is 18.3 Å². The van der Waals surface area contributed by atoms with Crippen molar-refractivity contribution in [3.63, 3.8) is 0 Å². The zero-order valence-electron chi connectivity index (χ0n) is 14.7. The number of hydrogen-bond donors (Lipinski definition) is 1. The Balaban J connectivity index is 1.55. The third-order valence-corrected chi connectivity index (χ3v) is 5.16. The van der Waals surface area contributed by atoms with Gasteiger partial charge in [0.25, 0.3) is 5.92 Å². The maximum atomic E-state index is 13.3. The summed E-state index contributed by atoms with van der Waals surface area (Å²) in [6, 6.07) is 7.42. The van der Waals surface area contributed by atoms with E-state index in [4.69, 9.17) is 4.74 Å². The number of halogens is 2. The lowest BCUT2D eigenvalue weighted by Crippen LogP contribution is -2.53. The predicted octanol–water partition coefficient (Wildman–Crippen LogP) is 1.90. The van der Waals surface area contributed by atoms with E-state index in [1.165, 1.54) is 0 Å². The van der Waals surface area contributed by atoms with Crippen LogP contribution < -0.4 is 10.1 Å². The van der Waals surface area contributed by atoms with Gasteiger partial charge in [-0.15, -0.1) is 0 Å². The van der Waals surface area contributed by atoms with Crippen LogP contribution in [0.25, 0.3) is 0 Å². The van der Waals surface area contributed by atoms with E-state index in [2.05, 4.69) is 23.2 Å². The second-order valence-corrected chi connectivity index (χ2v) is 6.81. The van der Waals surface area contributed by atoms with E-state index < -0.39 is 24.9 Å². The van der Waals surface area contributed by atoms with Gasteiger partial charge in [-0.3, -0.25) is 15.0 Å². The van der Waals surface area contributed by atoms with Crippen LogP contribution in [0.15, 0.2) is 24.3 Å². The van der Waals surface area contributed by atoms with Crippen LogP contribution >= 0.6 is 0 Å². The van der Waals surface area contributed by atoms with E-state index in [0.29, 0.717) is 13.1 Å². The monoisotopic (exact) mass is 353 g/mol. The highest BCUT2D eigenvalue weighted by molar-refractivity contribution is 5.82. The molecule has 2 atom stereocenters. The van der Waals surface area contributed by atoms with E-state index in [1.807, 2.05) is 18.2 Å². The molecule has 5 nitrogen and oxygen atoms in total. The van der Waals surface area contributed by atoms with Crippen LogP contribution in [-0.4, -0.2) is 67.5 Å². The highest BCUT2D eigenvalue weighted by atomic mass is 19.3. The van der Waals surface area contributed by atoms with Gasteiger partial charge in [0.05, 0.1) is 19.7 Å². The van der Waals surface area contributed by atoms with Gasteiger partial charge in [-0.1, -0.05) is 12.1 Å². The maximum absolute atomic E-state index is 13.3. The number of carbonyl (C=O) groups excluding carboxylic acids is 1. The molecule has 7 heteroatoms. The van der Waals surface area contributed by atoms with Crippen LogP contribution in [0.2, 0.25) is 0 Å². The van der Waals surface area contributed by atoms with Crippen LogP contribution in [0.5, 0.6) is 5.75 Å². The molecule has 0 spiro atoms. The minimum Gasteiger partial charge on any atom is -0.497 e. The largest absolute Gasteiger partial charge is 0.497 e. The third kappa shape index (κ3) is 4.10. The lowest BCUT2D eigenvalue weighted by atomic mass is 10.1. The molecule has 2 heterocycles. The number of benzene rings is 1. The Labute approximate surface area is 146 Å². The molecule has 1 aromatic rings. The Bertz CT molecular complexity index is 618. The molecule has 0 radical (unpaired) electrons. The first-order valence-electron chi connectivity index (χ1n) is 8.67. The number of nitrogens with one attached hydrogen (secondary N) is 1. The Morgan fingerprint density at radius 1 is 1.32 bits per heavy atom. The van der Waals surface area contributed by atoms with Crippen LogP contribution in [0.1, 0.15) is 24.9 Å². The van der Waals surface area contributed by atoms with Crippen molar-refractivity contribution >= 4 is 5.91 Å². The molecule has 2 unspecified atom stereocenters. The van der Waals surface area contributed by atoms with Crippen molar-refractivity contribution in [1.82, 2.24) is 15.1 Å². The summed E-state index contributed by atoms with van der Waals surface area (Å²) >= 11 is 0. The molecular weight excluding hydrogens is 328 g/mol. The second kappa shape index (κ2) is 7.25. The number of piperazine rings is 1. The van der Waals surface area contributed by atoms with Crippen molar-refractivity contribution in [1.29, 1.82) is 0 Å². The zero-order valence-corrected chi connectivity index (χ0v) is 14.7. The molecule has 0 bridgehead atoms. The molecule has 2 aliphatic heterocycles. The minimum absolute atomic E-state index is 0.203. The van der Waals surface area contributed by atoms with Gasteiger partial charge in [0.2, 0.25) is 5.91 Å². The van der Waals surface area contributed by atoms with Crippen molar-refractivity contribution in [2.45, 2.75) is 31.4 Å². The van der Waals surface area contributed by atoms with Crippen molar-refractivity contribution in [3.05, 3.63) is 29.8 Å². The van der Waals surface area contributed by atoms with E-state index in [9.17, 15) is 13.6 Å². The van der Waals surface area contributed by atoms with Gasteiger partial charge in [0.15, 0.2) is 0 Å². The molecule has 2 saturated heterocycles. The van der Waals surface area contributed by atoms with E-state index in [1.54, 1.807) is 12.0 Å². The summed E-state index contributed by atoms with van der Waals surface area (Å²) in [4.78, 5) is 16.4. The van der Waals surface area contributed by atoms with Crippen LogP contribution in [0.4, 0.5) is 8.78 Å². The SMILES string of the molecule is COc1cccc(C(C)N2CCN(C(=O)C3CC(F)(F)CN3)CC2)c1. The molecule has 0 saturated carbocycles. The van der Waals surface area contributed by atoms with Gasteiger partial charge < -0.3 is 9.64 Å². The summed E-state index contributed by atoms with van der Waals surface area (Å²) < 4.78 is 31.9. The number of carbonyl (C=O) groups is 1. The van der Waals surface area contributed by atoms with Gasteiger partial charge >= 0.3 is 0 Å². The zero-order chi connectivity index (χ0) is 18.0. The smallest absolute Gasteiger partial charge is 0.262 e. The normalized spacial score (nSPS) is 25.0. The lowest BCUT2D eigenvalue weighted by Gasteiger charge is -2.39. The van der Waals surface area contributed by atoms with Gasteiger partial charge in [-0.2, -0.15) is 0 Å². The van der Waals surface area contributed by atoms with E-state index >= 15 is 0 Å². The Hall–Kier alpha value is -1.73. The molecule has 2 fully saturated rings. The number of nitrogens with zero attached hydrogens (tertiary/aromatic N) is 2. The Morgan fingerprint density at radius 3 is 2.64 bits per heavy atom. The molecule has 1 amide bonds. The first kappa shape index (κ1) is 18.1. The van der Waals surface area contributed by atoms with Crippen LogP contribution in [-0.2, 0) is 4.79 Å². The van der Waals surface area contributed by atoms with Crippen molar-refractivity contribution in [3.8, 4) is 5.75 Å². The summed E-state index contributed by atoms with van der Waals surface area (Å²) in [5.74, 6) is -2.15. The van der Waals surface area contributed by atoms with Crippen LogP contribution in [0, 0.1) is 0 Å². The van der Waals surface area contributed by atoms with E-state index in [0.717, 1.165) is 24.4 Å². The summed E-state index contributed by atoms with van der Waals surface area (Å²) in [6.07, 6.45) is -0.397. The molecule has 3 rings (SSSR count). The number of rotatable bonds is 4. The summed E-state index contributed by atoms with van der Waals surface area (Å²) in [6.45, 7) is 4.32. The van der Waals surface area contributed by atoms with Crippen molar-refractivity contribution in [2.75, 3.05) is 39.8 Å². The van der Waals surface area contributed by atoms with Crippen LogP contribution in [0.3, 0.4) is 0 Å². The maximum Gasteiger partial charge on any atom is 0.262 e. The Morgan fingerprint density at radius 2 is 2.04 bits per heavy atom. The lowest BCUT2D eigenvalue weighted by molar-refractivity contribution is -0.135. The first-order valence-corrected chi connectivity index (χ1v) is 8.67. The topological polar surface area (TPSA) is 44.8 Å². The number of methoxy groups -OCH3 is 1. The quantitative estimate of drug-likeness (QED) is 0.898. The summed E-state index contributed by atoms with van der Waals surface area (Å²) in [5.41, 5.74) is 1.16. The molecule has 1 aromatic carbocycles. The first-order chi connectivity index (χ1) is 11.9. The number of amides is 1. The third-order valence-electron chi connectivity index (χ3n) is 5.16. The van der Waals surface area contributed by atoms with E-state index in [-0.39, 0.29) is 11.9 Å². The molecular formula is C18H25F2N3O2. The second-order valence-electron chi connectivity index (χ2n) is 6.81. The highest BCUT2D eigenvalue weighted by Crippen LogP contribution is 2.28. The fourth-order valence-electron chi connectivity index (χ4n) is 3.55. The number of ether oxygens (including phenoxy) is 1. The van der Waals surface area contributed by atoms with Gasteiger partial charge in [0.1, 0.15) is 5.75 Å². The predicted molar refractivity (Wildman–Crippen MR) is 90.9 cm³/mol. The fraction of sp³-hybridized carbons (Fsp3) is 0.611. The fourth-order valence-corrected chi connectivity index (χ4v) is 3.55. The molecule has 2 aliphatic rings. The van der Waals surface area contributed by atoms with Gasteiger partial charge in [-0.05, 0) is 24.6 Å². The van der Waals surface area contributed by atoms with Gasteiger partial charge in [0, 0.05) is 38.6 Å². The minimum atomic E-state index is -2.77. The molecule has 138 valence electrons. The molecule has 0 aromatic heterocycles. The van der Waals surface area contributed by atoms with Gasteiger partial charge in [-0.25, -0.2) is 8.78 Å². The standard InChI is InChI=1S/C18H25F2N3O2/c1-13(14-4-3-5-15(10-14)25-2)22-6-8-23(9-7-22)17(24)16-11-18(19,20)12-21-16/h3-5,10,13,16,21H,6-9,11-12H2,1-2H3. The molecule has 25 heavy (non-hydrogen) atoms. The van der Waals surface area contributed by atoms with Crippen molar-refractivity contribution in [2.24, 2.45) is 0 Å². The molecule has 1 N–H and O–H groups in total. The summed E-state index contributed by atoms with van der Waals surface area (Å²) in [5, 5.41) is 2.65. The molecule has 0 aliphatic carbocycles.